The molecule has 2 aliphatic rings. The smallest absolute Gasteiger partial charge is 0.270 e. The third-order valence-electron chi connectivity index (χ3n) is 5.47. The Morgan fingerprint density at radius 2 is 2.15 bits per heavy atom. The van der Waals surface area contributed by atoms with E-state index in [1.54, 1.807) is 29.0 Å². The minimum atomic E-state index is -0.414. The Morgan fingerprint density at radius 3 is 2.76 bits per heavy atom. The molecule has 9 heteroatoms. The number of nitrogens with zero attached hydrogens (tertiary/aromatic N) is 4. The molecule has 3 rings (SSSR count). The van der Waals surface area contributed by atoms with E-state index >= 15 is 0 Å². The van der Waals surface area contributed by atoms with E-state index in [-0.39, 0.29) is 24.4 Å². The summed E-state index contributed by atoms with van der Waals surface area (Å²) in [6, 6.07) is 3.54. The SMILES string of the molecule is C=C(/C=N\C=C(/C)F)c1ccc(NC(=O)CN2CCCC(C=O)=C2C(=O)N(C)C2CC2)nc1. The number of pyridine rings is 1. The van der Waals surface area contributed by atoms with Gasteiger partial charge in [-0.25, -0.2) is 9.37 Å². The molecule has 0 bridgehead atoms. The van der Waals surface area contributed by atoms with Crippen LogP contribution in [0.4, 0.5) is 10.2 Å². The molecule has 174 valence electrons. The lowest BCUT2D eigenvalue weighted by Gasteiger charge is -2.33. The predicted molar refractivity (Wildman–Crippen MR) is 125 cm³/mol. The molecule has 1 aromatic rings. The van der Waals surface area contributed by atoms with Crippen LogP contribution < -0.4 is 5.32 Å². The normalized spacial score (nSPS) is 16.7. The molecule has 0 radical (unpaired) electrons. The number of aromatic nitrogens is 1. The molecule has 1 N–H and O–H groups in total. The molecule has 1 saturated carbocycles. The van der Waals surface area contributed by atoms with Crippen LogP contribution >= 0.6 is 0 Å². The fraction of sp³-hybridized carbons (Fsp3) is 0.375. The van der Waals surface area contributed by atoms with E-state index in [9.17, 15) is 18.8 Å². The van der Waals surface area contributed by atoms with E-state index in [1.807, 2.05) is 0 Å². The summed E-state index contributed by atoms with van der Waals surface area (Å²) >= 11 is 0. The molecule has 8 nitrogen and oxygen atoms in total. The summed E-state index contributed by atoms with van der Waals surface area (Å²) in [4.78, 5) is 48.6. The van der Waals surface area contributed by atoms with E-state index in [0.29, 0.717) is 47.6 Å². The maximum absolute atomic E-state index is 13.0. The number of carbonyl (C=O) groups is 3. The van der Waals surface area contributed by atoms with Gasteiger partial charge in [0.1, 0.15) is 23.6 Å². The Morgan fingerprint density at radius 1 is 1.39 bits per heavy atom. The number of rotatable bonds is 9. The van der Waals surface area contributed by atoms with Gasteiger partial charge < -0.3 is 15.1 Å². The van der Waals surface area contributed by atoms with Crippen LogP contribution in [0.15, 0.2) is 53.2 Å². The van der Waals surface area contributed by atoms with Crippen molar-refractivity contribution in [1.29, 1.82) is 0 Å². The molecule has 2 heterocycles. The lowest BCUT2D eigenvalue weighted by molar-refractivity contribution is -0.129. The zero-order chi connectivity index (χ0) is 24.0. The van der Waals surface area contributed by atoms with E-state index in [2.05, 4.69) is 21.9 Å². The first kappa shape index (κ1) is 24.0. The van der Waals surface area contributed by atoms with Crippen LogP contribution in [0, 0.1) is 0 Å². The molecule has 0 saturated heterocycles. The van der Waals surface area contributed by atoms with Gasteiger partial charge in [-0.3, -0.25) is 19.4 Å². The monoisotopic (exact) mass is 453 g/mol. The van der Waals surface area contributed by atoms with E-state index in [0.717, 1.165) is 25.3 Å². The highest BCUT2D eigenvalue weighted by Gasteiger charge is 2.35. The molecule has 1 aliphatic heterocycles. The summed E-state index contributed by atoms with van der Waals surface area (Å²) in [5.41, 5.74) is 1.97. The van der Waals surface area contributed by atoms with Crippen LogP contribution in [0.25, 0.3) is 5.57 Å². The molecule has 0 aromatic carbocycles. The second-order valence-corrected chi connectivity index (χ2v) is 8.16. The maximum Gasteiger partial charge on any atom is 0.270 e. The van der Waals surface area contributed by atoms with Crippen LogP contribution in [-0.2, 0) is 14.4 Å². The van der Waals surface area contributed by atoms with Crippen molar-refractivity contribution < 1.29 is 18.8 Å². The number of carbonyl (C=O) groups excluding carboxylic acids is 3. The molecular weight excluding hydrogens is 425 g/mol. The van der Waals surface area contributed by atoms with Crippen molar-refractivity contribution in [2.75, 3.05) is 25.5 Å². The summed E-state index contributed by atoms with van der Waals surface area (Å²) in [5, 5.41) is 2.72. The minimum absolute atomic E-state index is 0.0609. The molecule has 33 heavy (non-hydrogen) atoms. The number of aldehydes is 1. The van der Waals surface area contributed by atoms with Gasteiger partial charge in [-0.15, -0.1) is 0 Å². The van der Waals surface area contributed by atoms with Gasteiger partial charge in [-0.05, 0) is 50.3 Å². The summed E-state index contributed by atoms with van der Waals surface area (Å²) in [6.45, 7) is 5.61. The molecule has 1 aliphatic carbocycles. The van der Waals surface area contributed by atoms with Crippen molar-refractivity contribution in [3.63, 3.8) is 0 Å². The van der Waals surface area contributed by atoms with Crippen LogP contribution in [0.3, 0.4) is 0 Å². The number of hydrogen-bond acceptors (Lipinski definition) is 6. The molecule has 0 atom stereocenters. The van der Waals surface area contributed by atoms with Crippen LogP contribution in [-0.4, -0.2) is 65.3 Å². The zero-order valence-corrected chi connectivity index (χ0v) is 18.9. The van der Waals surface area contributed by atoms with Crippen LogP contribution in [0.1, 0.15) is 38.2 Å². The standard InChI is InChI=1S/C24H28FN5O3/c1-16(11-26-12-17(2)25)18-6-9-21(27-13-18)28-22(32)14-30-10-4-5-19(15-31)23(30)24(33)29(3)20-7-8-20/h6,9,11-13,15,20H,1,4-5,7-8,10,14H2,2-3H3,(H,27,28,32)/b17-12+,26-11-. The highest BCUT2D eigenvalue weighted by atomic mass is 19.1. The maximum atomic E-state index is 13.0. The van der Waals surface area contributed by atoms with Gasteiger partial charge in [0.25, 0.3) is 5.91 Å². The van der Waals surface area contributed by atoms with E-state index in [1.165, 1.54) is 19.3 Å². The highest BCUT2D eigenvalue weighted by Crippen LogP contribution is 2.29. The van der Waals surface area contributed by atoms with Gasteiger partial charge in [0, 0.05) is 43.2 Å². The van der Waals surface area contributed by atoms with Gasteiger partial charge in [-0.2, -0.15) is 0 Å². The summed E-state index contributed by atoms with van der Waals surface area (Å²) in [5.74, 6) is -0.631. The number of amides is 2. The van der Waals surface area contributed by atoms with Gasteiger partial charge in [0.2, 0.25) is 5.91 Å². The first-order valence-corrected chi connectivity index (χ1v) is 10.8. The number of allylic oxidation sites excluding steroid dienone is 3. The zero-order valence-electron chi connectivity index (χ0n) is 18.9. The number of hydrogen-bond donors (Lipinski definition) is 1. The number of nitrogens with one attached hydrogen (secondary N) is 1. The third-order valence-corrected chi connectivity index (χ3v) is 5.47. The molecule has 0 spiro atoms. The summed E-state index contributed by atoms with van der Waals surface area (Å²) in [6.07, 6.45) is 7.89. The molecule has 1 aromatic heterocycles. The molecular formula is C24H28FN5O3. The molecule has 1 fully saturated rings. The topological polar surface area (TPSA) is 95.0 Å². The predicted octanol–water partition coefficient (Wildman–Crippen LogP) is 3.10. The van der Waals surface area contributed by atoms with Gasteiger partial charge >= 0.3 is 0 Å². The number of aliphatic imine (C=N–C) groups is 1. The number of halogens is 1. The first-order valence-electron chi connectivity index (χ1n) is 10.8. The van der Waals surface area contributed by atoms with Crippen LogP contribution in [0.2, 0.25) is 0 Å². The Hall–Kier alpha value is -3.62. The molecule has 2 amide bonds. The van der Waals surface area contributed by atoms with Crippen molar-refractivity contribution in [3.05, 3.63) is 53.8 Å². The Bertz CT molecular complexity index is 1020. The quantitative estimate of drug-likeness (QED) is 0.458. The number of anilines is 1. The van der Waals surface area contributed by atoms with Crippen LogP contribution in [0.5, 0.6) is 0 Å². The number of likely N-dealkylation sites (N-methyl/N-ethyl adjacent to an activating group) is 1. The van der Waals surface area contributed by atoms with Crippen molar-refractivity contribution in [2.45, 2.75) is 38.6 Å². The lowest BCUT2D eigenvalue weighted by atomic mass is 10.0. The summed E-state index contributed by atoms with van der Waals surface area (Å²) in [7, 11) is 1.74. The van der Waals surface area contributed by atoms with Gasteiger partial charge in [-0.1, -0.05) is 6.58 Å². The Labute approximate surface area is 192 Å². The Balaban J connectivity index is 1.64. The van der Waals surface area contributed by atoms with E-state index in [4.69, 9.17) is 0 Å². The van der Waals surface area contributed by atoms with Crippen molar-refractivity contribution in [2.24, 2.45) is 4.99 Å². The average molecular weight is 454 g/mol. The third kappa shape index (κ3) is 6.44. The fourth-order valence-electron chi connectivity index (χ4n) is 3.55. The summed E-state index contributed by atoms with van der Waals surface area (Å²) < 4.78 is 12.7. The minimum Gasteiger partial charge on any atom is -0.357 e. The average Bonchev–Trinajstić information content (AvgIpc) is 3.63. The van der Waals surface area contributed by atoms with Crippen molar-refractivity contribution in [3.8, 4) is 0 Å². The largest absolute Gasteiger partial charge is 0.357 e. The van der Waals surface area contributed by atoms with Gasteiger partial charge in [0.15, 0.2) is 0 Å². The van der Waals surface area contributed by atoms with E-state index < -0.39 is 5.83 Å². The fourth-order valence-corrected chi connectivity index (χ4v) is 3.55. The van der Waals surface area contributed by atoms with Crippen molar-refractivity contribution >= 4 is 35.7 Å². The Kier molecular flexibility index (Phi) is 7.87. The van der Waals surface area contributed by atoms with Crippen molar-refractivity contribution in [1.82, 2.24) is 14.8 Å². The second kappa shape index (κ2) is 10.8. The van der Waals surface area contributed by atoms with Gasteiger partial charge in [0.05, 0.1) is 12.7 Å². The molecule has 0 unspecified atom stereocenters. The highest BCUT2D eigenvalue weighted by molar-refractivity contribution is 6.09. The lowest BCUT2D eigenvalue weighted by Crippen LogP contribution is -2.43. The first-order chi connectivity index (χ1) is 15.8. The second-order valence-electron chi connectivity index (χ2n) is 8.16.